The van der Waals surface area contributed by atoms with E-state index in [1.807, 2.05) is 0 Å². The summed E-state index contributed by atoms with van der Waals surface area (Å²) in [6, 6.07) is 0. The van der Waals surface area contributed by atoms with Gasteiger partial charge in [0, 0.05) is 0 Å². The molecular formula is C30H52Na12O35. The van der Waals surface area contributed by atoms with E-state index in [2.05, 4.69) is 0 Å². The first-order chi connectivity index (χ1) is 28.9. The quantitative estimate of drug-likeness (QED) is 0.0377. The van der Waals surface area contributed by atoms with Crippen molar-refractivity contribution in [3.8, 4) is 0 Å². The summed E-state index contributed by atoms with van der Waals surface area (Å²) in [4.78, 5) is 152. The molecule has 0 rings (SSSR count). The molecule has 0 saturated carbocycles. The van der Waals surface area contributed by atoms with Gasteiger partial charge in [-0.05, 0) is 0 Å². The van der Waals surface area contributed by atoms with Crippen LogP contribution < -0.4 is 0 Å². The van der Waals surface area contributed by atoms with Gasteiger partial charge >= 0.3 is 444 Å². The summed E-state index contributed by atoms with van der Waals surface area (Å²) >= 11 is 0. The van der Waals surface area contributed by atoms with Crippen LogP contribution in [0.4, 0.5) is 0 Å². The molecule has 0 aliphatic rings. The number of rotatable bonds is 25. The summed E-state index contributed by atoms with van der Waals surface area (Å²) in [7, 11) is 0. The third-order valence-corrected chi connectivity index (χ3v) is 6.43. The number of hydrogen-bond donors (Lipinski definition) is 20. The zero-order chi connectivity index (χ0) is 53.2. The van der Waals surface area contributed by atoms with Gasteiger partial charge in [-0.1, -0.05) is 0 Å². The summed E-state index contributed by atoms with van der Waals surface area (Å²) < 4.78 is 0. The maximum atomic E-state index is 10.3. The van der Waals surface area contributed by atoms with Crippen LogP contribution in [0, 0.1) is 0 Å². The number of carboxylic acids is 15. The molecule has 0 atom stereocenters. The molecule has 77 heavy (non-hydrogen) atoms. The van der Waals surface area contributed by atoms with E-state index in [0.717, 1.165) is 0 Å². The molecule has 20 N–H and O–H groups in total. The van der Waals surface area contributed by atoms with E-state index >= 15 is 0 Å². The van der Waals surface area contributed by atoms with Gasteiger partial charge in [0.25, 0.3) is 0 Å². The van der Waals surface area contributed by atoms with E-state index in [9.17, 15) is 71.9 Å². The fraction of sp³-hybridized carbons (Fsp3) is 0.500. The van der Waals surface area contributed by atoms with E-state index in [-0.39, 0.29) is 355 Å². The Hall–Kier alpha value is 3.85. The Kier molecular flexibility index (Phi) is 103. The monoisotopic (exact) mass is 1250 g/mol. The van der Waals surface area contributed by atoms with Crippen LogP contribution in [-0.4, -0.2) is 574 Å². The van der Waals surface area contributed by atoms with Crippen LogP contribution in [0.2, 0.25) is 0 Å². The van der Waals surface area contributed by atoms with Gasteiger partial charge < -0.3 is 102 Å². The molecule has 0 unspecified atom stereocenters. The molecule has 0 aromatic heterocycles. The zero-order valence-electron chi connectivity index (χ0n) is 32.1. The molecule has 394 valence electrons. The molecule has 47 heteroatoms. The number of aliphatic hydroxyl groups is 5. The van der Waals surface area contributed by atoms with Crippen LogP contribution in [-0.2, 0) is 71.9 Å². The Morgan fingerprint density at radius 1 is 0.169 bits per heavy atom. The third-order valence-electron chi connectivity index (χ3n) is 6.43. The van der Waals surface area contributed by atoms with Crippen molar-refractivity contribution in [1.82, 2.24) is 0 Å². The van der Waals surface area contributed by atoms with Gasteiger partial charge in [0.2, 0.25) is 0 Å². The molecule has 0 saturated heterocycles. The molecule has 0 radical (unpaired) electrons. The van der Waals surface area contributed by atoms with Gasteiger partial charge in [0.1, 0.15) is 0 Å². The predicted octanol–water partition coefficient (Wildman–Crippen LogP) is -14.0. The second-order valence-electron chi connectivity index (χ2n) is 12.4. The fourth-order valence-electron chi connectivity index (χ4n) is 3.57. The molecular weight excluding hydrogens is 1200 g/mol. The van der Waals surface area contributed by atoms with E-state index in [4.69, 9.17) is 102 Å². The molecule has 0 amide bonds. The second kappa shape index (κ2) is 62.9. The zero-order valence-corrected chi connectivity index (χ0v) is 32.1. The van der Waals surface area contributed by atoms with Gasteiger partial charge in [-0.25, -0.2) is 24.0 Å². The number of carbonyl (C=O) groups is 15. The Morgan fingerprint density at radius 3 is 0.247 bits per heavy atom. The first kappa shape index (κ1) is 126. The van der Waals surface area contributed by atoms with Gasteiger partial charge in [-0.2, -0.15) is 0 Å². The van der Waals surface area contributed by atoms with Gasteiger partial charge in [0.15, 0.2) is 28.0 Å². The van der Waals surface area contributed by atoms with Crippen molar-refractivity contribution in [2.75, 3.05) is 0 Å². The minimum absolute atomic E-state index is 0. The van der Waals surface area contributed by atoms with Crippen LogP contribution >= 0.6 is 0 Å². The minimum atomic E-state index is -2.74. The normalized spacial score (nSPS) is 9.16. The first-order valence-corrected chi connectivity index (χ1v) is 15.9. The Balaban J connectivity index is -0.0000000375. The summed E-state index contributed by atoms with van der Waals surface area (Å²) in [5.41, 5.74) is -13.7. The first-order valence-electron chi connectivity index (χ1n) is 15.9. The SMILES string of the molecule is O=C(O)CC(O)(CC(=O)O)C(=O)O.O=C(O)CC(O)(CC(=O)O)C(=O)O.O=C(O)CC(O)(CC(=O)O)C(=O)O.O=C(O)CC(O)(CC(=O)O)C(=O)O.O=C(O)CC(O)(CC(=O)O)C(=O)O.[NaH].[NaH].[NaH].[NaH].[NaH].[NaH].[NaH].[NaH].[NaH].[NaH].[NaH].[NaH]. The van der Waals surface area contributed by atoms with Crippen LogP contribution in [0.5, 0.6) is 0 Å². The van der Waals surface area contributed by atoms with Crippen molar-refractivity contribution in [1.29, 1.82) is 0 Å². The van der Waals surface area contributed by atoms with Crippen molar-refractivity contribution < 1.29 is 174 Å². The molecule has 0 spiro atoms. The molecule has 0 aliphatic carbocycles. The molecule has 0 aliphatic heterocycles. The fourth-order valence-corrected chi connectivity index (χ4v) is 3.57. The molecule has 0 bridgehead atoms. The average molecular weight is 1250 g/mol. The van der Waals surface area contributed by atoms with Crippen molar-refractivity contribution in [2.45, 2.75) is 92.2 Å². The summed E-state index contributed by atoms with van der Waals surface area (Å²) in [5.74, 6) is -25.1. The van der Waals surface area contributed by atoms with Gasteiger partial charge in [-0.3, -0.25) is 47.9 Å². The average Bonchev–Trinajstić information content (AvgIpc) is 3.01. The van der Waals surface area contributed by atoms with E-state index in [1.54, 1.807) is 0 Å². The molecule has 0 heterocycles. The predicted molar refractivity (Wildman–Crippen MR) is 271 cm³/mol. The van der Waals surface area contributed by atoms with Crippen LogP contribution in [0.1, 0.15) is 64.2 Å². The molecule has 35 nitrogen and oxygen atoms in total. The number of hydrogen-bond acceptors (Lipinski definition) is 20. The Labute approximate surface area is 697 Å². The van der Waals surface area contributed by atoms with Crippen molar-refractivity contribution in [3.63, 3.8) is 0 Å². The maximum absolute atomic E-state index is 10.3. The van der Waals surface area contributed by atoms with Crippen molar-refractivity contribution >= 4 is 444 Å². The van der Waals surface area contributed by atoms with Crippen molar-refractivity contribution in [2.24, 2.45) is 0 Å². The summed E-state index contributed by atoms with van der Waals surface area (Å²) in [5, 5.41) is 169. The molecule has 0 fully saturated rings. The van der Waals surface area contributed by atoms with Crippen molar-refractivity contribution in [3.05, 3.63) is 0 Å². The van der Waals surface area contributed by atoms with Crippen LogP contribution in [0.3, 0.4) is 0 Å². The molecule has 0 aromatic carbocycles. The third kappa shape index (κ3) is 68.8. The van der Waals surface area contributed by atoms with Gasteiger partial charge in [-0.15, -0.1) is 0 Å². The van der Waals surface area contributed by atoms with Crippen LogP contribution in [0.25, 0.3) is 0 Å². The van der Waals surface area contributed by atoms with E-state index < -0.39 is 182 Å². The van der Waals surface area contributed by atoms with Gasteiger partial charge in [0.05, 0.1) is 64.2 Å². The van der Waals surface area contributed by atoms with E-state index in [1.165, 1.54) is 0 Å². The standard InChI is InChI=1S/5C6H8O7.12Na.12H/c5*7-3(8)1-6(13,5(11)12)2-4(9)10;;;;;;;;;;;;;;;;;;;;;;;;/h5*13H,1-2H2,(H,7,8)(H,9,10)(H,11,12);;;;;;;;;;;;;;;;;;;;;;;;. The summed E-state index contributed by atoms with van der Waals surface area (Å²) in [6.07, 6.45) is -11.4. The molecule has 0 aromatic rings. The number of aliphatic carboxylic acids is 15. The number of carboxylic acid groups (broad SMARTS) is 15. The second-order valence-corrected chi connectivity index (χ2v) is 12.4. The van der Waals surface area contributed by atoms with Crippen LogP contribution in [0.15, 0.2) is 0 Å². The summed E-state index contributed by atoms with van der Waals surface area (Å²) in [6.45, 7) is 0. The van der Waals surface area contributed by atoms with E-state index in [0.29, 0.717) is 0 Å². The Morgan fingerprint density at radius 2 is 0.221 bits per heavy atom. The Bertz CT molecular complexity index is 1490. The topological polar surface area (TPSA) is 661 Å².